The van der Waals surface area contributed by atoms with Crippen molar-refractivity contribution in [1.29, 1.82) is 0 Å². The fourth-order valence-corrected chi connectivity index (χ4v) is 5.03. The van der Waals surface area contributed by atoms with Gasteiger partial charge in [0.15, 0.2) is 0 Å². The lowest BCUT2D eigenvalue weighted by molar-refractivity contribution is -0.140. The molecule has 0 heterocycles. The summed E-state index contributed by atoms with van der Waals surface area (Å²) in [5.41, 5.74) is 3.24. The summed E-state index contributed by atoms with van der Waals surface area (Å²) in [5.74, 6) is -0.474. The summed E-state index contributed by atoms with van der Waals surface area (Å²) in [4.78, 5) is 27.5. The number of anilines is 1. The van der Waals surface area contributed by atoms with Crippen molar-refractivity contribution in [2.24, 2.45) is 0 Å². The smallest absolute Gasteiger partial charge is 0.242 e. The van der Waals surface area contributed by atoms with Crippen LogP contribution < -0.4 is 9.62 Å². The Morgan fingerprint density at radius 1 is 1.09 bits per heavy atom. The minimum atomic E-state index is -3.54. The summed E-state index contributed by atoms with van der Waals surface area (Å²) in [5, 5.41) is 3.36. The van der Waals surface area contributed by atoms with Crippen LogP contribution in [0.2, 0.25) is 5.02 Å². The molecular weight excluding hydrogens is 486 g/mol. The highest BCUT2D eigenvalue weighted by Crippen LogP contribution is 2.23. The highest BCUT2D eigenvalue weighted by molar-refractivity contribution is 7.92. The maximum Gasteiger partial charge on any atom is 0.242 e. The molecule has 35 heavy (non-hydrogen) atoms. The molecule has 192 valence electrons. The second kappa shape index (κ2) is 12.9. The number of halogens is 1. The number of carbonyl (C=O) groups is 2. The molecule has 2 rings (SSSR count). The normalized spacial score (nSPS) is 12.2. The van der Waals surface area contributed by atoms with Crippen LogP contribution in [-0.4, -0.2) is 50.5 Å². The molecule has 2 aromatic rings. The molecule has 0 unspecified atom stereocenters. The Hall–Kier alpha value is -2.58. The third kappa shape index (κ3) is 8.54. The number of aryl methyl sites for hydroxylation is 2. The first kappa shape index (κ1) is 28.7. The highest BCUT2D eigenvalue weighted by Gasteiger charge is 2.27. The predicted molar refractivity (Wildman–Crippen MR) is 142 cm³/mol. The molecule has 7 nitrogen and oxygen atoms in total. The summed E-state index contributed by atoms with van der Waals surface area (Å²) >= 11 is 6.32. The first-order valence-corrected chi connectivity index (χ1v) is 14.0. The topological polar surface area (TPSA) is 86.8 Å². The van der Waals surface area contributed by atoms with Crippen molar-refractivity contribution in [3.8, 4) is 0 Å². The van der Waals surface area contributed by atoms with Gasteiger partial charge in [0.05, 0.1) is 11.9 Å². The number of rotatable bonds is 12. The molecule has 0 saturated heterocycles. The molecule has 2 aromatic carbocycles. The summed E-state index contributed by atoms with van der Waals surface area (Å²) in [7, 11) is -3.54. The largest absolute Gasteiger partial charge is 0.354 e. The van der Waals surface area contributed by atoms with Crippen molar-refractivity contribution in [2.45, 2.75) is 59.5 Å². The maximum atomic E-state index is 13.3. The number of benzene rings is 2. The van der Waals surface area contributed by atoms with Gasteiger partial charge in [0.1, 0.15) is 6.04 Å². The van der Waals surface area contributed by atoms with Crippen LogP contribution in [0, 0.1) is 13.8 Å². The average molecular weight is 522 g/mol. The van der Waals surface area contributed by atoms with Crippen LogP contribution in [0.25, 0.3) is 0 Å². The molecule has 0 radical (unpaired) electrons. The van der Waals surface area contributed by atoms with Crippen molar-refractivity contribution >= 4 is 39.1 Å². The van der Waals surface area contributed by atoms with E-state index in [-0.39, 0.29) is 31.3 Å². The van der Waals surface area contributed by atoms with E-state index in [1.165, 1.54) is 9.21 Å². The summed E-state index contributed by atoms with van der Waals surface area (Å²) in [6.45, 7) is 8.35. The number of carbonyl (C=O) groups excluding carboxylic acids is 2. The number of hydrogen-bond acceptors (Lipinski definition) is 4. The van der Waals surface area contributed by atoms with Crippen LogP contribution in [0.15, 0.2) is 42.5 Å². The van der Waals surface area contributed by atoms with Gasteiger partial charge in [-0.2, -0.15) is 0 Å². The Morgan fingerprint density at radius 2 is 1.71 bits per heavy atom. The van der Waals surface area contributed by atoms with Crippen LogP contribution in [0.3, 0.4) is 0 Å². The molecule has 0 spiro atoms. The zero-order chi connectivity index (χ0) is 26.2. The Labute approximate surface area is 214 Å². The lowest BCUT2D eigenvalue weighted by atomic mass is 10.1. The van der Waals surface area contributed by atoms with E-state index in [1.54, 1.807) is 13.0 Å². The third-order valence-electron chi connectivity index (χ3n) is 5.66. The number of hydrogen-bond donors (Lipinski definition) is 1. The highest BCUT2D eigenvalue weighted by atomic mass is 35.5. The van der Waals surface area contributed by atoms with Crippen LogP contribution in [0.1, 0.15) is 49.8 Å². The van der Waals surface area contributed by atoms with E-state index < -0.39 is 16.1 Å². The van der Waals surface area contributed by atoms with Crippen LogP contribution in [0.5, 0.6) is 0 Å². The monoisotopic (exact) mass is 521 g/mol. The zero-order valence-electron chi connectivity index (χ0n) is 21.2. The van der Waals surface area contributed by atoms with Gasteiger partial charge in [-0.05, 0) is 68.5 Å². The first-order valence-electron chi connectivity index (χ1n) is 11.8. The van der Waals surface area contributed by atoms with E-state index in [0.717, 1.165) is 29.4 Å². The van der Waals surface area contributed by atoms with Gasteiger partial charge in [0.25, 0.3) is 0 Å². The molecule has 0 saturated carbocycles. The number of amides is 2. The fourth-order valence-electron chi connectivity index (χ4n) is 3.89. The lowest BCUT2D eigenvalue weighted by Crippen LogP contribution is -2.48. The average Bonchev–Trinajstić information content (AvgIpc) is 2.77. The molecule has 1 atom stereocenters. The summed E-state index contributed by atoms with van der Waals surface area (Å²) in [6.07, 6.45) is 2.35. The van der Waals surface area contributed by atoms with Gasteiger partial charge in [-0.25, -0.2) is 8.42 Å². The molecule has 0 aliphatic heterocycles. The second-order valence-corrected chi connectivity index (χ2v) is 11.2. The van der Waals surface area contributed by atoms with E-state index in [2.05, 4.69) is 5.32 Å². The van der Waals surface area contributed by atoms with Gasteiger partial charge < -0.3 is 10.2 Å². The number of sulfonamides is 1. The quantitative estimate of drug-likeness (QED) is 0.447. The lowest BCUT2D eigenvalue weighted by Gasteiger charge is -2.29. The summed E-state index contributed by atoms with van der Waals surface area (Å²) < 4.78 is 26.3. The van der Waals surface area contributed by atoms with Crippen LogP contribution >= 0.6 is 11.6 Å². The van der Waals surface area contributed by atoms with Crippen molar-refractivity contribution in [2.75, 3.05) is 23.7 Å². The van der Waals surface area contributed by atoms with Gasteiger partial charge in [-0.1, -0.05) is 42.8 Å². The molecule has 9 heteroatoms. The molecule has 0 aliphatic carbocycles. The van der Waals surface area contributed by atoms with Crippen molar-refractivity contribution in [3.63, 3.8) is 0 Å². The van der Waals surface area contributed by atoms with Crippen LogP contribution in [-0.2, 0) is 26.2 Å². The molecule has 2 amide bonds. The Morgan fingerprint density at radius 3 is 2.29 bits per heavy atom. The van der Waals surface area contributed by atoms with Crippen molar-refractivity contribution < 1.29 is 18.0 Å². The standard InChI is InChI=1S/C26H36ClN3O4S/c1-6-13-28-26(32)21(4)29(18-22-10-7-8-11-24(22)27)25(31)12-9-14-30(35(5,33)34)23-16-19(2)15-20(3)17-23/h7-8,10-11,15-17,21H,6,9,12-14,18H2,1-5H3,(H,28,32)/t21-/m0/s1. The van der Waals surface area contributed by atoms with Gasteiger partial charge in [0, 0.05) is 31.1 Å². The fraction of sp³-hybridized carbons (Fsp3) is 0.462. The zero-order valence-corrected chi connectivity index (χ0v) is 22.7. The van der Waals surface area contributed by atoms with Gasteiger partial charge in [-0.15, -0.1) is 0 Å². The summed E-state index contributed by atoms with van der Waals surface area (Å²) in [6, 6.07) is 12.1. The number of nitrogens with one attached hydrogen (secondary N) is 1. The second-order valence-electron chi connectivity index (χ2n) is 8.86. The van der Waals surface area contributed by atoms with Crippen molar-refractivity contribution in [1.82, 2.24) is 10.2 Å². The first-order chi connectivity index (χ1) is 16.4. The Kier molecular flexibility index (Phi) is 10.6. The molecule has 1 N–H and O–H groups in total. The van der Waals surface area contributed by atoms with E-state index in [0.29, 0.717) is 23.7 Å². The molecule has 0 aliphatic rings. The van der Waals surface area contributed by atoms with Gasteiger partial charge >= 0.3 is 0 Å². The van der Waals surface area contributed by atoms with Gasteiger partial charge in [0.2, 0.25) is 21.8 Å². The minimum absolute atomic E-state index is 0.0899. The van der Waals surface area contributed by atoms with E-state index >= 15 is 0 Å². The molecule has 0 fully saturated rings. The number of nitrogens with zero attached hydrogens (tertiary/aromatic N) is 2. The van der Waals surface area contributed by atoms with E-state index in [4.69, 9.17) is 11.6 Å². The third-order valence-corrected chi connectivity index (χ3v) is 7.22. The van der Waals surface area contributed by atoms with Gasteiger partial charge in [-0.3, -0.25) is 13.9 Å². The minimum Gasteiger partial charge on any atom is -0.354 e. The molecule has 0 bridgehead atoms. The predicted octanol–water partition coefficient (Wildman–Crippen LogP) is 4.45. The Bertz CT molecular complexity index is 1120. The van der Waals surface area contributed by atoms with E-state index in [1.807, 2.05) is 57.2 Å². The molecule has 0 aromatic heterocycles. The van der Waals surface area contributed by atoms with Crippen molar-refractivity contribution in [3.05, 3.63) is 64.2 Å². The Balaban J connectivity index is 2.19. The van der Waals surface area contributed by atoms with E-state index in [9.17, 15) is 18.0 Å². The molecular formula is C26H36ClN3O4S. The maximum absolute atomic E-state index is 13.3. The van der Waals surface area contributed by atoms with Crippen LogP contribution in [0.4, 0.5) is 5.69 Å². The SMILES string of the molecule is CCCNC(=O)[C@H](C)N(Cc1ccccc1Cl)C(=O)CCCN(c1cc(C)cc(C)c1)S(C)(=O)=O.